The average Bonchev–Trinajstić information content (AvgIpc) is 3.94. The van der Waals surface area contributed by atoms with Crippen molar-refractivity contribution in [3.05, 3.63) is 46.5 Å². The number of benzene rings is 1. The molecule has 0 aliphatic carbocycles. The third-order valence-electron chi connectivity index (χ3n) is 11.7. The summed E-state index contributed by atoms with van der Waals surface area (Å²) in [6.45, 7) is 11.1. The second-order valence-corrected chi connectivity index (χ2v) is 20.3. The number of carbonyl (C=O) groups is 5. The number of epoxide rings is 1. The van der Waals surface area contributed by atoms with E-state index in [1.807, 2.05) is 33.8 Å². The van der Waals surface area contributed by atoms with Crippen LogP contribution in [0.1, 0.15) is 85.6 Å². The van der Waals surface area contributed by atoms with Gasteiger partial charge in [0, 0.05) is 56.9 Å². The van der Waals surface area contributed by atoms with Crippen molar-refractivity contribution < 1.29 is 52.5 Å². The van der Waals surface area contributed by atoms with Crippen molar-refractivity contribution in [1.82, 2.24) is 15.6 Å². The smallest absolute Gasteiger partial charge is 0.409 e. The van der Waals surface area contributed by atoms with E-state index in [1.165, 1.54) is 31.1 Å². The zero-order valence-electron chi connectivity index (χ0n) is 37.2. The average molecular weight is 928 g/mol. The highest BCUT2D eigenvalue weighted by Gasteiger charge is 2.65. The molecule has 4 rings (SSSR count). The van der Waals surface area contributed by atoms with Crippen molar-refractivity contribution in [3.63, 3.8) is 0 Å². The lowest BCUT2D eigenvalue weighted by molar-refractivity contribution is -0.178. The minimum absolute atomic E-state index is 0.0552. The minimum atomic E-state index is -1.53. The molecule has 0 spiro atoms. The van der Waals surface area contributed by atoms with Crippen LogP contribution in [-0.4, -0.2) is 115 Å². The van der Waals surface area contributed by atoms with Gasteiger partial charge in [-0.15, -0.1) is 0 Å². The van der Waals surface area contributed by atoms with Gasteiger partial charge in [-0.2, -0.15) is 0 Å². The number of nitrogens with one attached hydrogen (secondary N) is 2. The molecule has 62 heavy (non-hydrogen) atoms. The Hall–Kier alpha value is -3.56. The number of hydrazine groups is 1. The first-order valence-electron chi connectivity index (χ1n) is 20.5. The summed E-state index contributed by atoms with van der Waals surface area (Å²) < 4.78 is 29.4. The molecule has 1 aromatic carbocycles. The number of carbonyl (C=O) groups excluding carboxylic acids is 5. The van der Waals surface area contributed by atoms with Crippen LogP contribution in [0.3, 0.4) is 0 Å². The molecule has 0 aromatic heterocycles. The number of ether oxygens (including phenoxy) is 5. The molecule has 20 heteroatoms. The number of hydrogen-bond donors (Lipinski definition) is 4. The van der Waals surface area contributed by atoms with Crippen molar-refractivity contribution in [3.8, 4) is 5.75 Å². The van der Waals surface area contributed by atoms with Crippen LogP contribution < -0.4 is 32.1 Å². The minimum Gasteiger partial charge on any atom is -0.495 e. The summed E-state index contributed by atoms with van der Waals surface area (Å²) in [7, 11) is 9.32. The number of anilines is 1. The van der Waals surface area contributed by atoms with Crippen LogP contribution >= 0.6 is 33.2 Å². The van der Waals surface area contributed by atoms with Gasteiger partial charge in [0.15, 0.2) is 5.72 Å². The van der Waals surface area contributed by atoms with Gasteiger partial charge < -0.3 is 33.5 Å². The summed E-state index contributed by atoms with van der Waals surface area (Å²) in [5.41, 5.74) is 1.48. The fourth-order valence-corrected chi connectivity index (χ4v) is 10.5. The van der Waals surface area contributed by atoms with Crippen LogP contribution in [0.15, 0.2) is 35.9 Å². The molecular formula is C42H63ClN6O11S2. The van der Waals surface area contributed by atoms with Gasteiger partial charge >= 0.3 is 12.1 Å². The first kappa shape index (κ1) is 51.1. The second kappa shape index (κ2) is 21.9. The van der Waals surface area contributed by atoms with Gasteiger partial charge in [0.05, 0.1) is 25.3 Å². The van der Waals surface area contributed by atoms with Crippen molar-refractivity contribution in [2.45, 2.75) is 133 Å². The number of rotatable bonds is 15. The molecule has 3 aliphatic heterocycles. The SMILES string of the molecule is COc1cc2cc(c1Cl)N(C)C(=O)CC(OC(=O)[C@H](C)N(C)C(=O)CCC(C)(C)SSCCCC(=O)NN)[C@@]1(C)O[C@@H]1C(C)C1CC(ON)(NC(=O)O1)C(OC)/C=C/C=C(\C)C2. The van der Waals surface area contributed by atoms with Crippen molar-refractivity contribution in [2.75, 3.05) is 39.0 Å². The predicted octanol–water partition coefficient (Wildman–Crippen LogP) is 5.12. The van der Waals surface area contributed by atoms with E-state index in [2.05, 4.69) is 10.7 Å². The zero-order valence-corrected chi connectivity index (χ0v) is 39.6. The van der Waals surface area contributed by atoms with Crippen LogP contribution in [0.25, 0.3) is 0 Å². The van der Waals surface area contributed by atoms with Gasteiger partial charge in [0.2, 0.25) is 17.7 Å². The molecule has 2 fully saturated rings. The molecule has 1 aromatic rings. The molecule has 8 atom stereocenters. The Kier molecular flexibility index (Phi) is 18.0. The zero-order chi connectivity index (χ0) is 46.2. The van der Waals surface area contributed by atoms with Crippen molar-refractivity contribution in [1.29, 1.82) is 0 Å². The third-order valence-corrected chi connectivity index (χ3v) is 15.5. The maximum absolute atomic E-state index is 14.3. The Balaban J connectivity index is 1.62. The molecule has 4 bridgehead atoms. The predicted molar refractivity (Wildman–Crippen MR) is 239 cm³/mol. The van der Waals surface area contributed by atoms with E-state index in [0.29, 0.717) is 37.1 Å². The lowest BCUT2D eigenvalue weighted by Crippen LogP contribution is -2.66. The Morgan fingerprint density at radius 1 is 1.21 bits per heavy atom. The molecule has 3 aliphatic rings. The number of allylic oxidation sites excluding steroid dienone is 3. The number of methoxy groups -OCH3 is 2. The van der Waals surface area contributed by atoms with Crippen LogP contribution in [0.2, 0.25) is 5.02 Å². The van der Waals surface area contributed by atoms with Gasteiger partial charge in [-0.1, -0.05) is 63.9 Å². The van der Waals surface area contributed by atoms with Crippen LogP contribution in [0.4, 0.5) is 10.5 Å². The number of fused-ring (bicyclic) bond motifs is 5. The molecule has 2 saturated heterocycles. The Labute approximate surface area is 377 Å². The summed E-state index contributed by atoms with van der Waals surface area (Å²) in [6, 6.07) is 2.57. The van der Waals surface area contributed by atoms with Crippen molar-refractivity contribution >= 4 is 68.7 Å². The highest BCUT2D eigenvalue weighted by atomic mass is 35.5. The first-order valence-corrected chi connectivity index (χ1v) is 23.2. The number of nitrogens with zero attached hydrogens (tertiary/aromatic N) is 2. The van der Waals surface area contributed by atoms with E-state index in [-0.39, 0.29) is 40.8 Å². The van der Waals surface area contributed by atoms with Gasteiger partial charge in [-0.3, -0.25) is 30.0 Å². The third kappa shape index (κ3) is 12.6. The van der Waals surface area contributed by atoms with E-state index in [1.54, 1.807) is 66.8 Å². The molecule has 3 heterocycles. The molecule has 17 nitrogen and oxygen atoms in total. The van der Waals surface area contributed by atoms with E-state index >= 15 is 0 Å². The number of hydrogen-bond acceptors (Lipinski definition) is 15. The molecule has 5 unspecified atom stereocenters. The molecule has 346 valence electrons. The number of nitrogens with two attached hydrogens (primary N) is 2. The number of amides is 4. The summed E-state index contributed by atoms with van der Waals surface area (Å²) in [6.07, 6.45) is 2.99. The quantitative estimate of drug-likeness (QED) is 0.0341. The highest BCUT2D eigenvalue weighted by Crippen LogP contribution is 2.49. The van der Waals surface area contributed by atoms with Gasteiger partial charge in [-0.25, -0.2) is 21.3 Å². The molecule has 4 amide bonds. The van der Waals surface area contributed by atoms with E-state index in [9.17, 15) is 24.0 Å². The lowest BCUT2D eigenvalue weighted by Gasteiger charge is -2.43. The summed E-state index contributed by atoms with van der Waals surface area (Å²) in [5, 5.41) is 2.92. The molecule has 0 radical (unpaired) electrons. The maximum Gasteiger partial charge on any atom is 0.409 e. The van der Waals surface area contributed by atoms with Gasteiger partial charge in [-0.05, 0) is 71.6 Å². The van der Waals surface area contributed by atoms with Crippen LogP contribution in [-0.2, 0) is 49.4 Å². The lowest BCUT2D eigenvalue weighted by atomic mass is 9.83. The normalized spacial score (nSPS) is 28.6. The van der Waals surface area contributed by atoms with E-state index in [0.717, 1.165) is 16.9 Å². The Morgan fingerprint density at radius 3 is 2.56 bits per heavy atom. The summed E-state index contributed by atoms with van der Waals surface area (Å²) >= 11 is 6.81. The number of likely N-dealkylation sites (N-methyl/N-ethyl adjacent to an activating group) is 1. The fourth-order valence-electron chi connectivity index (χ4n) is 7.53. The number of alkyl carbamates (subject to hydrolysis) is 1. The van der Waals surface area contributed by atoms with Crippen LogP contribution in [0.5, 0.6) is 5.75 Å². The largest absolute Gasteiger partial charge is 0.495 e. The van der Waals surface area contributed by atoms with Gasteiger partial charge in [0.25, 0.3) is 0 Å². The topological polar surface area (TPSA) is 227 Å². The monoisotopic (exact) mass is 926 g/mol. The second-order valence-electron chi connectivity index (χ2n) is 16.8. The maximum atomic E-state index is 14.3. The standard InChI is InChI=1S/C42H63ClN6O11S2/c1-24-13-11-14-31(56-10)42(60-45)23-30(57-39(54)46-42)25(2)37-41(6,59-37)32(22-35(52)49(8)28-20-27(19-24)21-29(55-9)36(28)43)58-38(53)26(3)48(7)34(51)16-17-40(4,5)62-61-18-12-15-33(50)47-44/h11,13-14,20-21,25-26,30-32,37H,12,15-19,22-23,44-45H2,1-10H3,(H,46,54)(H,47,50)/b14-11+,24-13+/t25?,26-,30?,31?,32?,37+,41+,42?/m0/s1. The Bertz CT molecular complexity index is 1870. The Morgan fingerprint density at radius 2 is 1.92 bits per heavy atom. The van der Waals surface area contributed by atoms with Crippen molar-refractivity contribution in [2.24, 2.45) is 17.7 Å². The van der Waals surface area contributed by atoms with Gasteiger partial charge in [0.1, 0.15) is 40.7 Å². The van der Waals surface area contributed by atoms with Crippen LogP contribution in [0, 0.1) is 5.92 Å². The molecular weight excluding hydrogens is 864 g/mol. The molecule has 0 saturated carbocycles. The first-order chi connectivity index (χ1) is 29.1. The summed E-state index contributed by atoms with van der Waals surface area (Å²) in [5.74, 6) is 9.96. The fraction of sp³-hybridized carbons (Fsp3) is 0.643. The van der Waals surface area contributed by atoms with E-state index < -0.39 is 65.7 Å². The summed E-state index contributed by atoms with van der Waals surface area (Å²) in [4.78, 5) is 74.6. The molecule has 6 N–H and O–H groups in total. The number of esters is 1. The number of halogens is 1. The highest BCUT2D eigenvalue weighted by molar-refractivity contribution is 8.77. The van der Waals surface area contributed by atoms with E-state index in [4.69, 9.17) is 51.9 Å².